The summed E-state index contributed by atoms with van der Waals surface area (Å²) in [4.78, 5) is 11.5. The van der Waals surface area contributed by atoms with Crippen molar-refractivity contribution in [2.75, 3.05) is 20.7 Å². The molecule has 1 heterocycles. The molecular formula is C8H10ClN3O2. The van der Waals surface area contributed by atoms with Gasteiger partial charge in [-0.05, 0) is 13.1 Å². The van der Waals surface area contributed by atoms with Gasteiger partial charge in [-0.15, -0.1) is 10.2 Å². The normalized spacial score (nSPS) is 9.93. The Bertz CT molecular complexity index is 343. The highest BCUT2D eigenvalue weighted by Gasteiger charge is 2.13. The van der Waals surface area contributed by atoms with E-state index in [1.165, 1.54) is 13.2 Å². The van der Waals surface area contributed by atoms with Crippen LogP contribution in [0.25, 0.3) is 0 Å². The second kappa shape index (κ2) is 4.88. The van der Waals surface area contributed by atoms with Crippen molar-refractivity contribution in [1.29, 1.82) is 0 Å². The molecule has 0 bridgehead atoms. The van der Waals surface area contributed by atoms with E-state index in [4.69, 9.17) is 16.3 Å². The minimum absolute atomic E-state index is 0.138. The third-order valence-corrected chi connectivity index (χ3v) is 1.75. The zero-order valence-corrected chi connectivity index (χ0v) is 8.63. The molecule has 5 nitrogen and oxygen atoms in total. The number of halogens is 1. The number of nitrogens with one attached hydrogen (secondary N) is 1. The van der Waals surface area contributed by atoms with Crippen LogP contribution in [0.15, 0.2) is 6.07 Å². The number of likely N-dealkylation sites (N-methyl/N-ethyl adjacent to an activating group) is 1. The molecule has 1 aromatic rings. The molecule has 0 aliphatic carbocycles. The fourth-order valence-electron chi connectivity index (χ4n) is 0.963. The maximum atomic E-state index is 11.5. The van der Waals surface area contributed by atoms with Gasteiger partial charge in [0.1, 0.15) is 0 Å². The zero-order chi connectivity index (χ0) is 10.6. The number of aromatic nitrogens is 2. The summed E-state index contributed by atoms with van der Waals surface area (Å²) in [6.45, 7) is 0.207. The Labute approximate surface area is 86.4 Å². The lowest BCUT2D eigenvalue weighted by atomic mass is 10.2. The maximum absolute atomic E-state index is 11.5. The van der Waals surface area contributed by atoms with Crippen molar-refractivity contribution < 1.29 is 9.53 Å². The fraction of sp³-hybridized carbons (Fsp3) is 0.375. The Morgan fingerprint density at radius 1 is 1.64 bits per heavy atom. The number of hydrogen-bond donors (Lipinski definition) is 1. The molecule has 0 unspecified atom stereocenters. The van der Waals surface area contributed by atoms with Gasteiger partial charge in [-0.25, -0.2) is 0 Å². The topological polar surface area (TPSA) is 64.1 Å². The molecule has 0 aliphatic heterocycles. The smallest absolute Gasteiger partial charge is 0.244 e. The van der Waals surface area contributed by atoms with Gasteiger partial charge in [0.15, 0.2) is 10.9 Å². The van der Waals surface area contributed by atoms with Crippen molar-refractivity contribution in [3.8, 4) is 5.88 Å². The average molecular weight is 216 g/mol. The third kappa shape index (κ3) is 2.40. The molecule has 14 heavy (non-hydrogen) atoms. The van der Waals surface area contributed by atoms with E-state index >= 15 is 0 Å². The predicted octanol–water partition coefficient (Wildman–Crippen LogP) is 0.541. The molecule has 0 atom stereocenters. The summed E-state index contributed by atoms with van der Waals surface area (Å²) < 4.78 is 4.89. The number of rotatable bonds is 4. The minimum atomic E-state index is -0.138. The van der Waals surface area contributed by atoms with Crippen LogP contribution >= 0.6 is 11.6 Å². The van der Waals surface area contributed by atoms with Crippen molar-refractivity contribution in [1.82, 2.24) is 15.5 Å². The van der Waals surface area contributed by atoms with E-state index < -0.39 is 0 Å². The highest BCUT2D eigenvalue weighted by molar-refractivity contribution is 6.29. The quantitative estimate of drug-likeness (QED) is 0.743. The van der Waals surface area contributed by atoms with E-state index in [1.54, 1.807) is 7.05 Å². The van der Waals surface area contributed by atoms with Gasteiger partial charge in [0.05, 0.1) is 19.2 Å². The molecule has 0 radical (unpaired) electrons. The van der Waals surface area contributed by atoms with Crippen LogP contribution in [-0.4, -0.2) is 36.7 Å². The van der Waals surface area contributed by atoms with Crippen LogP contribution < -0.4 is 10.1 Å². The summed E-state index contributed by atoms with van der Waals surface area (Å²) >= 11 is 5.62. The highest BCUT2D eigenvalue weighted by atomic mass is 35.5. The van der Waals surface area contributed by atoms with E-state index in [0.29, 0.717) is 5.56 Å². The SMILES string of the molecule is CNCC(=O)c1cc(Cl)nnc1OC. The fourth-order valence-corrected chi connectivity index (χ4v) is 1.11. The largest absolute Gasteiger partial charge is 0.479 e. The molecule has 1 N–H and O–H groups in total. The van der Waals surface area contributed by atoms with Crippen molar-refractivity contribution in [3.63, 3.8) is 0 Å². The Balaban J connectivity index is 3.03. The molecule has 0 aliphatic rings. The summed E-state index contributed by atoms with van der Waals surface area (Å²) in [6, 6.07) is 1.44. The van der Waals surface area contributed by atoms with Crippen LogP contribution in [0.2, 0.25) is 5.15 Å². The molecule has 0 saturated carbocycles. The number of hydrogen-bond acceptors (Lipinski definition) is 5. The van der Waals surface area contributed by atoms with Gasteiger partial charge in [0.2, 0.25) is 5.88 Å². The van der Waals surface area contributed by atoms with E-state index in [-0.39, 0.29) is 23.4 Å². The molecular weight excluding hydrogens is 206 g/mol. The molecule has 0 fully saturated rings. The molecule has 76 valence electrons. The van der Waals surface area contributed by atoms with Crippen LogP contribution in [0, 0.1) is 0 Å². The van der Waals surface area contributed by atoms with Gasteiger partial charge in [0.25, 0.3) is 0 Å². The van der Waals surface area contributed by atoms with Gasteiger partial charge < -0.3 is 10.1 Å². The number of methoxy groups -OCH3 is 1. The number of carbonyl (C=O) groups excluding carboxylic acids is 1. The number of carbonyl (C=O) groups is 1. The van der Waals surface area contributed by atoms with E-state index in [9.17, 15) is 4.79 Å². The molecule has 0 aromatic carbocycles. The van der Waals surface area contributed by atoms with Gasteiger partial charge >= 0.3 is 0 Å². The van der Waals surface area contributed by atoms with Gasteiger partial charge in [-0.3, -0.25) is 4.79 Å². The third-order valence-electron chi connectivity index (χ3n) is 1.56. The van der Waals surface area contributed by atoms with Gasteiger partial charge in [0, 0.05) is 0 Å². The predicted molar refractivity (Wildman–Crippen MR) is 51.9 cm³/mol. The van der Waals surface area contributed by atoms with Gasteiger partial charge in [-0.2, -0.15) is 0 Å². The van der Waals surface area contributed by atoms with E-state index in [2.05, 4.69) is 15.5 Å². The second-order valence-corrected chi connectivity index (χ2v) is 2.93. The maximum Gasteiger partial charge on any atom is 0.244 e. The molecule has 0 amide bonds. The first-order valence-corrected chi connectivity index (χ1v) is 4.32. The van der Waals surface area contributed by atoms with E-state index in [0.717, 1.165) is 0 Å². The summed E-state index contributed by atoms with van der Waals surface area (Å²) in [5, 5.41) is 10.1. The van der Waals surface area contributed by atoms with Gasteiger partial charge in [-0.1, -0.05) is 11.6 Å². The van der Waals surface area contributed by atoms with Crippen molar-refractivity contribution in [2.45, 2.75) is 0 Å². The summed E-state index contributed by atoms with van der Waals surface area (Å²) in [6.07, 6.45) is 0. The lowest BCUT2D eigenvalue weighted by Gasteiger charge is -2.04. The first-order chi connectivity index (χ1) is 6.69. The summed E-state index contributed by atoms with van der Waals surface area (Å²) in [5.41, 5.74) is 0.335. The molecule has 1 aromatic heterocycles. The standard InChI is InChI=1S/C8H10ClN3O2/c1-10-4-6(13)5-3-7(9)11-12-8(5)14-2/h3,10H,4H2,1-2H3. The Kier molecular flexibility index (Phi) is 3.79. The second-order valence-electron chi connectivity index (χ2n) is 2.54. The molecule has 1 rings (SSSR count). The highest BCUT2D eigenvalue weighted by Crippen LogP contribution is 2.17. The number of nitrogens with zero attached hydrogens (tertiary/aromatic N) is 2. The average Bonchev–Trinajstić information content (AvgIpc) is 2.18. The number of Topliss-reactive ketones (excluding diaryl/α,β-unsaturated/α-hetero) is 1. The first-order valence-electron chi connectivity index (χ1n) is 3.94. The molecule has 6 heteroatoms. The van der Waals surface area contributed by atoms with Crippen LogP contribution in [-0.2, 0) is 0 Å². The number of ether oxygens (including phenoxy) is 1. The van der Waals surface area contributed by atoms with Crippen molar-refractivity contribution in [3.05, 3.63) is 16.8 Å². The summed E-state index contributed by atoms with van der Waals surface area (Å²) in [7, 11) is 3.11. The van der Waals surface area contributed by atoms with Crippen LogP contribution in [0.3, 0.4) is 0 Å². The number of ketones is 1. The Morgan fingerprint density at radius 3 is 2.93 bits per heavy atom. The van der Waals surface area contributed by atoms with Crippen molar-refractivity contribution in [2.24, 2.45) is 0 Å². The monoisotopic (exact) mass is 215 g/mol. The van der Waals surface area contributed by atoms with E-state index in [1.807, 2.05) is 0 Å². The molecule has 0 saturated heterocycles. The lowest BCUT2D eigenvalue weighted by molar-refractivity contribution is 0.0989. The van der Waals surface area contributed by atoms with Crippen LogP contribution in [0.1, 0.15) is 10.4 Å². The van der Waals surface area contributed by atoms with Crippen LogP contribution in [0.4, 0.5) is 0 Å². The molecule has 0 spiro atoms. The summed E-state index contributed by atoms with van der Waals surface area (Å²) in [5.74, 6) is 0.0517. The Hall–Kier alpha value is -1.20. The zero-order valence-electron chi connectivity index (χ0n) is 7.87. The van der Waals surface area contributed by atoms with Crippen molar-refractivity contribution >= 4 is 17.4 Å². The lowest BCUT2D eigenvalue weighted by Crippen LogP contribution is -2.19. The Morgan fingerprint density at radius 2 is 2.36 bits per heavy atom. The minimum Gasteiger partial charge on any atom is -0.479 e. The van der Waals surface area contributed by atoms with Crippen LogP contribution in [0.5, 0.6) is 5.88 Å². The first kappa shape index (κ1) is 10.9.